The standard InChI is InChI=1S/C22H24N4O5S2/c1-30-14-7-6-12(10-15(14)31-2)8-9-26-20(28)18-13-4-3-5-16(13)33-19(18)25-22(26)32-11-17(27)24-21(23)29/h6-7,10H,3-5,8-9,11H2,1-2H3,(H3,23,24,27,29). The van der Waals surface area contributed by atoms with Crippen molar-refractivity contribution in [3.05, 3.63) is 44.6 Å². The van der Waals surface area contributed by atoms with Gasteiger partial charge >= 0.3 is 6.03 Å². The van der Waals surface area contributed by atoms with Crippen LogP contribution in [0.15, 0.2) is 28.2 Å². The van der Waals surface area contributed by atoms with Crippen LogP contribution in [-0.2, 0) is 30.6 Å². The number of aromatic nitrogens is 2. The fourth-order valence-electron chi connectivity index (χ4n) is 3.95. The number of hydrogen-bond acceptors (Lipinski definition) is 8. The van der Waals surface area contributed by atoms with Gasteiger partial charge in [0.25, 0.3) is 5.56 Å². The van der Waals surface area contributed by atoms with Crippen molar-refractivity contribution in [2.24, 2.45) is 5.73 Å². The van der Waals surface area contributed by atoms with Crippen molar-refractivity contribution in [1.82, 2.24) is 14.9 Å². The highest BCUT2D eigenvalue weighted by atomic mass is 32.2. The fraction of sp³-hybridized carbons (Fsp3) is 0.364. The van der Waals surface area contributed by atoms with Gasteiger partial charge in [-0.15, -0.1) is 11.3 Å². The van der Waals surface area contributed by atoms with Crippen LogP contribution in [0.1, 0.15) is 22.4 Å². The summed E-state index contributed by atoms with van der Waals surface area (Å²) in [6, 6.07) is 4.72. The van der Waals surface area contributed by atoms with Crippen molar-refractivity contribution in [3.8, 4) is 11.5 Å². The SMILES string of the molecule is COc1ccc(CCn2c(SCC(=O)NC(N)=O)nc3sc4c(c3c2=O)CCC4)cc1OC. The van der Waals surface area contributed by atoms with E-state index in [9.17, 15) is 14.4 Å². The van der Waals surface area contributed by atoms with E-state index in [1.807, 2.05) is 23.5 Å². The second-order valence-electron chi connectivity index (χ2n) is 7.53. The number of thiophene rings is 1. The van der Waals surface area contributed by atoms with E-state index in [0.29, 0.717) is 39.8 Å². The Morgan fingerprint density at radius 1 is 1.24 bits per heavy atom. The minimum Gasteiger partial charge on any atom is -0.493 e. The first kappa shape index (κ1) is 23.1. The monoisotopic (exact) mass is 488 g/mol. The van der Waals surface area contributed by atoms with Crippen LogP contribution >= 0.6 is 23.1 Å². The predicted octanol–water partition coefficient (Wildman–Crippen LogP) is 2.49. The Balaban J connectivity index is 1.67. The topological polar surface area (TPSA) is 126 Å². The number of methoxy groups -OCH3 is 2. The molecule has 1 aliphatic rings. The summed E-state index contributed by atoms with van der Waals surface area (Å²) in [6.07, 6.45) is 3.45. The Kier molecular flexibility index (Phi) is 6.89. The van der Waals surface area contributed by atoms with Gasteiger partial charge in [0.05, 0.1) is 25.4 Å². The van der Waals surface area contributed by atoms with Gasteiger partial charge in [-0.25, -0.2) is 9.78 Å². The summed E-state index contributed by atoms with van der Waals surface area (Å²) in [5.74, 6) is 0.626. The molecule has 174 valence electrons. The molecule has 3 amide bonds. The number of ether oxygens (including phenoxy) is 2. The van der Waals surface area contributed by atoms with E-state index in [1.165, 1.54) is 4.88 Å². The van der Waals surface area contributed by atoms with Crippen LogP contribution in [0.25, 0.3) is 10.2 Å². The molecule has 2 heterocycles. The van der Waals surface area contributed by atoms with Gasteiger partial charge in [0.1, 0.15) is 4.83 Å². The lowest BCUT2D eigenvalue weighted by Crippen LogP contribution is -2.36. The molecule has 0 spiro atoms. The number of carbonyl (C=O) groups excluding carboxylic acids is 2. The summed E-state index contributed by atoms with van der Waals surface area (Å²) in [5, 5.41) is 3.16. The third-order valence-corrected chi connectivity index (χ3v) is 7.62. The van der Waals surface area contributed by atoms with Crippen LogP contribution in [0, 0.1) is 0 Å². The quantitative estimate of drug-likeness (QED) is 0.369. The Labute approximate surface area is 198 Å². The van der Waals surface area contributed by atoms with Gasteiger partial charge in [-0.1, -0.05) is 17.8 Å². The van der Waals surface area contributed by atoms with E-state index in [2.05, 4.69) is 0 Å². The van der Waals surface area contributed by atoms with Gasteiger partial charge in [0.2, 0.25) is 5.91 Å². The molecule has 0 saturated heterocycles. The zero-order chi connectivity index (χ0) is 23.5. The van der Waals surface area contributed by atoms with Crippen molar-refractivity contribution >= 4 is 45.3 Å². The molecule has 0 unspecified atom stereocenters. The van der Waals surface area contributed by atoms with Crippen molar-refractivity contribution in [1.29, 1.82) is 0 Å². The number of nitrogens with two attached hydrogens (primary N) is 1. The molecule has 0 fully saturated rings. The molecule has 33 heavy (non-hydrogen) atoms. The lowest BCUT2D eigenvalue weighted by Gasteiger charge is -2.13. The largest absolute Gasteiger partial charge is 0.493 e. The fourth-order valence-corrected chi connectivity index (χ4v) is 6.07. The molecule has 0 saturated carbocycles. The molecule has 3 aromatic rings. The maximum Gasteiger partial charge on any atom is 0.318 e. The normalized spacial score (nSPS) is 12.5. The van der Waals surface area contributed by atoms with Crippen molar-refractivity contribution in [2.75, 3.05) is 20.0 Å². The highest BCUT2D eigenvalue weighted by Gasteiger charge is 2.23. The summed E-state index contributed by atoms with van der Waals surface area (Å²) in [4.78, 5) is 43.1. The highest BCUT2D eigenvalue weighted by molar-refractivity contribution is 7.99. The molecular formula is C22H24N4O5S2. The van der Waals surface area contributed by atoms with Crippen LogP contribution in [0.5, 0.6) is 11.5 Å². The summed E-state index contributed by atoms with van der Waals surface area (Å²) in [6.45, 7) is 0.377. The second-order valence-corrected chi connectivity index (χ2v) is 9.56. The van der Waals surface area contributed by atoms with E-state index in [4.69, 9.17) is 20.2 Å². The van der Waals surface area contributed by atoms with Crippen LogP contribution in [0.3, 0.4) is 0 Å². The van der Waals surface area contributed by atoms with E-state index in [0.717, 1.165) is 42.2 Å². The number of fused-ring (bicyclic) bond motifs is 3. The number of primary amides is 1. The molecule has 0 radical (unpaired) electrons. The first-order valence-electron chi connectivity index (χ1n) is 10.4. The number of aryl methyl sites for hydroxylation is 3. The minimum atomic E-state index is -0.912. The lowest BCUT2D eigenvalue weighted by molar-refractivity contribution is -0.117. The number of imide groups is 1. The van der Waals surface area contributed by atoms with Gasteiger partial charge in [-0.3, -0.25) is 19.5 Å². The third-order valence-electron chi connectivity index (χ3n) is 5.46. The van der Waals surface area contributed by atoms with Gasteiger partial charge in [0, 0.05) is 11.4 Å². The molecule has 9 nitrogen and oxygen atoms in total. The number of rotatable bonds is 8. The zero-order valence-corrected chi connectivity index (χ0v) is 19.9. The molecule has 2 aromatic heterocycles. The third kappa shape index (κ3) is 4.83. The maximum absolute atomic E-state index is 13.5. The number of hydrogen-bond donors (Lipinski definition) is 2. The van der Waals surface area contributed by atoms with Crippen LogP contribution in [0.2, 0.25) is 0 Å². The predicted molar refractivity (Wildman–Crippen MR) is 128 cm³/mol. The van der Waals surface area contributed by atoms with Crippen LogP contribution in [0.4, 0.5) is 4.79 Å². The Morgan fingerprint density at radius 3 is 2.76 bits per heavy atom. The first-order chi connectivity index (χ1) is 15.9. The molecule has 1 aromatic carbocycles. The molecule has 0 atom stereocenters. The molecule has 0 bridgehead atoms. The average Bonchev–Trinajstić information content (AvgIpc) is 3.37. The van der Waals surface area contributed by atoms with E-state index < -0.39 is 11.9 Å². The second kappa shape index (κ2) is 9.84. The smallest absolute Gasteiger partial charge is 0.318 e. The van der Waals surface area contributed by atoms with Crippen LogP contribution < -0.4 is 26.1 Å². The molecule has 0 aliphatic heterocycles. The number of thioether (sulfide) groups is 1. The van der Waals surface area contributed by atoms with E-state index >= 15 is 0 Å². The number of carbonyl (C=O) groups is 2. The van der Waals surface area contributed by atoms with Gasteiger partial charge < -0.3 is 15.2 Å². The van der Waals surface area contributed by atoms with Crippen molar-refractivity contribution in [2.45, 2.75) is 37.4 Å². The highest BCUT2D eigenvalue weighted by Crippen LogP contribution is 2.35. The van der Waals surface area contributed by atoms with Crippen molar-refractivity contribution in [3.63, 3.8) is 0 Å². The zero-order valence-electron chi connectivity index (χ0n) is 18.3. The number of benzene rings is 1. The number of amides is 3. The van der Waals surface area contributed by atoms with Gasteiger partial charge in [-0.2, -0.15) is 0 Å². The summed E-state index contributed by atoms with van der Waals surface area (Å²) >= 11 is 2.66. The minimum absolute atomic E-state index is 0.0810. The van der Waals surface area contributed by atoms with E-state index in [1.54, 1.807) is 30.1 Å². The number of urea groups is 1. The Hall–Kier alpha value is -3.05. The summed E-state index contributed by atoms with van der Waals surface area (Å²) in [5.41, 5.74) is 7.00. The Morgan fingerprint density at radius 2 is 2.03 bits per heavy atom. The molecule has 1 aliphatic carbocycles. The molecule has 3 N–H and O–H groups in total. The lowest BCUT2D eigenvalue weighted by atomic mass is 10.1. The van der Waals surface area contributed by atoms with Crippen molar-refractivity contribution < 1.29 is 19.1 Å². The maximum atomic E-state index is 13.5. The van der Waals surface area contributed by atoms with E-state index in [-0.39, 0.29) is 11.3 Å². The molecule has 11 heteroatoms. The Bertz CT molecular complexity index is 1280. The summed E-state index contributed by atoms with van der Waals surface area (Å²) < 4.78 is 12.3. The number of nitrogens with zero attached hydrogens (tertiary/aromatic N) is 2. The van der Waals surface area contributed by atoms with Gasteiger partial charge in [0.15, 0.2) is 16.7 Å². The average molecular weight is 489 g/mol. The van der Waals surface area contributed by atoms with Gasteiger partial charge in [-0.05, 0) is 48.9 Å². The first-order valence-corrected chi connectivity index (χ1v) is 12.2. The van der Waals surface area contributed by atoms with Crippen LogP contribution in [-0.4, -0.2) is 41.5 Å². The summed E-state index contributed by atoms with van der Waals surface area (Å²) in [7, 11) is 3.15. The molecule has 4 rings (SSSR count). The molecular weight excluding hydrogens is 464 g/mol. The number of nitrogens with one attached hydrogen (secondary N) is 1.